The summed E-state index contributed by atoms with van der Waals surface area (Å²) in [6.07, 6.45) is 3.50. The molecule has 0 aromatic heterocycles. The average molecular weight is 524 g/mol. The fraction of sp³-hybridized carbons (Fsp3) is 0.370. The molecule has 4 amide bonds. The number of nitrogens with one attached hydrogen (secondary N) is 2. The van der Waals surface area contributed by atoms with E-state index in [9.17, 15) is 24.0 Å². The van der Waals surface area contributed by atoms with Gasteiger partial charge in [-0.1, -0.05) is 12.1 Å². The molecule has 11 heteroatoms. The highest BCUT2D eigenvalue weighted by Crippen LogP contribution is 2.40. The highest BCUT2D eigenvalue weighted by Gasteiger charge is 2.43. The van der Waals surface area contributed by atoms with Crippen molar-refractivity contribution >= 4 is 35.3 Å². The number of anilines is 1. The van der Waals surface area contributed by atoms with Crippen LogP contribution in [0.1, 0.15) is 78.3 Å². The Morgan fingerprint density at radius 3 is 2.42 bits per heavy atom. The van der Waals surface area contributed by atoms with Gasteiger partial charge in [0.15, 0.2) is 11.5 Å². The Labute approximate surface area is 219 Å². The molecule has 0 unspecified atom stereocenters. The molecule has 2 N–H and O–H groups in total. The molecule has 2 aliphatic rings. The van der Waals surface area contributed by atoms with E-state index in [0.29, 0.717) is 17.1 Å². The van der Waals surface area contributed by atoms with Gasteiger partial charge in [0.05, 0.1) is 42.5 Å². The predicted molar refractivity (Wildman–Crippen MR) is 134 cm³/mol. The topological polar surface area (TPSA) is 140 Å². The zero-order valence-corrected chi connectivity index (χ0v) is 21.4. The summed E-state index contributed by atoms with van der Waals surface area (Å²) in [4.78, 5) is 68.4. The number of hydrogen-bond acceptors (Lipinski definition) is 8. The number of imide groups is 1. The second kappa shape index (κ2) is 11.3. The van der Waals surface area contributed by atoms with Crippen LogP contribution in [0.3, 0.4) is 0 Å². The van der Waals surface area contributed by atoms with Gasteiger partial charge in [-0.15, -0.1) is 0 Å². The minimum absolute atomic E-state index is 0.00406. The summed E-state index contributed by atoms with van der Waals surface area (Å²) in [6.45, 7) is 2.42. The second-order valence-corrected chi connectivity index (χ2v) is 9.16. The summed E-state index contributed by atoms with van der Waals surface area (Å²) in [5, 5.41) is 2.58. The molecule has 0 bridgehead atoms. The summed E-state index contributed by atoms with van der Waals surface area (Å²) < 4.78 is 11.6. The SMILES string of the molecule is COc1ccc([C@@H](CC(=O)NOC(C)=O)N2C(=O)c3cccc(NC(C)=O)c3C2=O)cc1OC1CCCC1. The van der Waals surface area contributed by atoms with Crippen molar-refractivity contribution in [2.45, 2.75) is 58.1 Å². The van der Waals surface area contributed by atoms with Crippen molar-refractivity contribution in [2.24, 2.45) is 0 Å². The largest absolute Gasteiger partial charge is 0.493 e. The summed E-state index contributed by atoms with van der Waals surface area (Å²) in [5.74, 6) is -2.26. The van der Waals surface area contributed by atoms with E-state index < -0.39 is 42.1 Å². The first-order valence-corrected chi connectivity index (χ1v) is 12.3. The van der Waals surface area contributed by atoms with Crippen LogP contribution >= 0.6 is 0 Å². The van der Waals surface area contributed by atoms with Gasteiger partial charge in [0.1, 0.15) is 0 Å². The third kappa shape index (κ3) is 5.61. The van der Waals surface area contributed by atoms with Crippen molar-refractivity contribution in [3.05, 3.63) is 53.1 Å². The summed E-state index contributed by atoms with van der Waals surface area (Å²) >= 11 is 0. The van der Waals surface area contributed by atoms with E-state index >= 15 is 0 Å². The molecule has 0 radical (unpaired) electrons. The third-order valence-corrected chi connectivity index (χ3v) is 6.42. The number of ether oxygens (including phenoxy) is 2. The van der Waals surface area contributed by atoms with Crippen molar-refractivity contribution in [2.75, 3.05) is 12.4 Å². The van der Waals surface area contributed by atoms with Crippen LogP contribution in [0.15, 0.2) is 36.4 Å². The molecule has 1 fully saturated rings. The molecule has 1 aliphatic carbocycles. The Bertz CT molecular complexity index is 1290. The minimum atomic E-state index is -1.08. The molecule has 11 nitrogen and oxygen atoms in total. The summed E-state index contributed by atoms with van der Waals surface area (Å²) in [6, 6.07) is 8.43. The van der Waals surface area contributed by atoms with E-state index in [4.69, 9.17) is 9.47 Å². The van der Waals surface area contributed by atoms with Crippen molar-refractivity contribution in [1.82, 2.24) is 10.4 Å². The highest BCUT2D eigenvalue weighted by atomic mass is 16.7. The molecule has 0 saturated heterocycles. The molecule has 200 valence electrons. The van der Waals surface area contributed by atoms with Gasteiger partial charge in [0, 0.05) is 13.8 Å². The molecule has 4 rings (SSSR count). The molecule has 1 atom stereocenters. The van der Waals surface area contributed by atoms with Crippen LogP contribution in [-0.2, 0) is 19.2 Å². The molecule has 2 aromatic rings. The number of carbonyl (C=O) groups excluding carboxylic acids is 5. The van der Waals surface area contributed by atoms with Crippen molar-refractivity contribution < 1.29 is 38.3 Å². The van der Waals surface area contributed by atoms with Crippen LogP contribution in [0, 0.1) is 0 Å². The lowest BCUT2D eigenvalue weighted by atomic mass is 10.0. The number of nitrogens with zero attached hydrogens (tertiary/aromatic N) is 1. The van der Waals surface area contributed by atoms with E-state index in [2.05, 4.69) is 10.2 Å². The lowest BCUT2D eigenvalue weighted by molar-refractivity contribution is -0.156. The van der Waals surface area contributed by atoms with Gasteiger partial charge in [-0.2, -0.15) is 5.48 Å². The minimum Gasteiger partial charge on any atom is -0.493 e. The number of methoxy groups -OCH3 is 1. The molecular weight excluding hydrogens is 494 g/mol. The third-order valence-electron chi connectivity index (χ3n) is 6.42. The molecule has 1 saturated carbocycles. The Morgan fingerprint density at radius 1 is 1.03 bits per heavy atom. The van der Waals surface area contributed by atoms with Gasteiger partial charge in [-0.05, 0) is 55.5 Å². The number of carbonyl (C=O) groups is 5. The van der Waals surface area contributed by atoms with E-state index in [1.54, 1.807) is 24.3 Å². The van der Waals surface area contributed by atoms with Gasteiger partial charge >= 0.3 is 5.97 Å². The van der Waals surface area contributed by atoms with Crippen LogP contribution < -0.4 is 20.3 Å². The van der Waals surface area contributed by atoms with E-state index in [0.717, 1.165) is 37.5 Å². The second-order valence-electron chi connectivity index (χ2n) is 9.16. The van der Waals surface area contributed by atoms with Crippen LogP contribution in [-0.4, -0.2) is 47.7 Å². The zero-order chi connectivity index (χ0) is 27.4. The van der Waals surface area contributed by atoms with Crippen molar-refractivity contribution in [1.29, 1.82) is 0 Å². The number of hydroxylamine groups is 1. The standard InChI is InChI=1S/C27H29N3O8/c1-15(31)28-20-10-6-9-19-25(20)27(35)30(26(19)34)21(14-24(33)29-38-16(2)32)17-11-12-22(36-3)23(13-17)37-18-7-4-5-8-18/h6,9-13,18,21H,4-5,7-8,14H2,1-3H3,(H,28,31)(H,29,33)/t21-/m1/s1. The fourth-order valence-electron chi connectivity index (χ4n) is 4.76. The number of benzene rings is 2. The maximum Gasteiger partial charge on any atom is 0.329 e. The number of amides is 4. The fourth-order valence-corrected chi connectivity index (χ4v) is 4.76. The van der Waals surface area contributed by atoms with Crippen LogP contribution in [0.5, 0.6) is 11.5 Å². The predicted octanol–water partition coefficient (Wildman–Crippen LogP) is 3.30. The number of fused-ring (bicyclic) bond motifs is 1. The van der Waals surface area contributed by atoms with Gasteiger partial charge in [0.2, 0.25) is 5.91 Å². The first-order chi connectivity index (χ1) is 18.2. The van der Waals surface area contributed by atoms with Gasteiger partial charge in [-0.3, -0.25) is 28.9 Å². The molecular formula is C27H29N3O8. The molecule has 1 heterocycles. The van der Waals surface area contributed by atoms with E-state index in [1.165, 1.54) is 26.2 Å². The number of rotatable bonds is 8. The Morgan fingerprint density at radius 2 is 1.76 bits per heavy atom. The number of hydrogen-bond donors (Lipinski definition) is 2. The quantitative estimate of drug-likeness (QED) is 0.397. The lowest BCUT2D eigenvalue weighted by Gasteiger charge is -2.27. The van der Waals surface area contributed by atoms with E-state index in [-0.39, 0.29) is 22.9 Å². The molecule has 2 aromatic carbocycles. The molecule has 0 spiro atoms. The summed E-state index contributed by atoms with van der Waals surface area (Å²) in [7, 11) is 1.51. The maximum absolute atomic E-state index is 13.6. The first kappa shape index (κ1) is 26.6. The Balaban J connectivity index is 1.74. The van der Waals surface area contributed by atoms with E-state index in [1.807, 2.05) is 5.48 Å². The smallest absolute Gasteiger partial charge is 0.329 e. The van der Waals surface area contributed by atoms with Gasteiger partial charge < -0.3 is 19.6 Å². The van der Waals surface area contributed by atoms with Crippen LogP contribution in [0.25, 0.3) is 0 Å². The normalized spacial score (nSPS) is 15.6. The average Bonchev–Trinajstić information content (AvgIpc) is 3.47. The summed E-state index contributed by atoms with van der Waals surface area (Å²) in [5.41, 5.74) is 2.81. The van der Waals surface area contributed by atoms with Crippen molar-refractivity contribution in [3.8, 4) is 11.5 Å². The maximum atomic E-state index is 13.6. The monoisotopic (exact) mass is 523 g/mol. The lowest BCUT2D eigenvalue weighted by Crippen LogP contribution is -2.38. The van der Waals surface area contributed by atoms with Gasteiger partial charge in [0.25, 0.3) is 17.7 Å². The Kier molecular flexibility index (Phi) is 7.94. The Hall–Kier alpha value is -4.41. The van der Waals surface area contributed by atoms with Crippen LogP contribution in [0.4, 0.5) is 5.69 Å². The first-order valence-electron chi connectivity index (χ1n) is 12.3. The van der Waals surface area contributed by atoms with Crippen LogP contribution in [0.2, 0.25) is 0 Å². The van der Waals surface area contributed by atoms with Crippen molar-refractivity contribution in [3.63, 3.8) is 0 Å². The highest BCUT2D eigenvalue weighted by molar-refractivity contribution is 6.24. The molecule has 1 aliphatic heterocycles. The zero-order valence-electron chi connectivity index (χ0n) is 21.4. The molecule has 38 heavy (non-hydrogen) atoms. The van der Waals surface area contributed by atoms with Gasteiger partial charge in [-0.25, -0.2) is 0 Å².